The van der Waals surface area contributed by atoms with Crippen LogP contribution in [-0.4, -0.2) is 61.1 Å². The van der Waals surface area contributed by atoms with Crippen molar-refractivity contribution < 1.29 is 19.1 Å². The number of morpholine rings is 1. The van der Waals surface area contributed by atoms with Crippen LogP contribution in [0.3, 0.4) is 0 Å². The number of fused-ring (bicyclic) bond motifs is 1. The number of rotatable bonds is 7. The van der Waals surface area contributed by atoms with Gasteiger partial charge in [0.1, 0.15) is 5.75 Å². The molecule has 0 saturated carbocycles. The Morgan fingerprint density at radius 3 is 2.36 bits per heavy atom. The number of nitrogens with zero attached hydrogens (tertiary/aromatic N) is 2. The van der Waals surface area contributed by atoms with E-state index in [4.69, 9.17) is 9.47 Å². The second-order valence-electron chi connectivity index (χ2n) is 7.05. The fourth-order valence-corrected chi connectivity index (χ4v) is 3.61. The third-order valence-corrected chi connectivity index (χ3v) is 5.08. The van der Waals surface area contributed by atoms with Crippen molar-refractivity contribution >= 4 is 11.8 Å². The second-order valence-corrected chi connectivity index (χ2v) is 7.05. The van der Waals surface area contributed by atoms with Crippen molar-refractivity contribution in [3.05, 3.63) is 65.2 Å². The van der Waals surface area contributed by atoms with E-state index in [2.05, 4.69) is 17.0 Å². The van der Waals surface area contributed by atoms with Crippen LogP contribution < -0.4 is 4.74 Å². The molecule has 0 N–H and O–H groups in total. The highest BCUT2D eigenvalue weighted by Gasteiger charge is 2.34. The van der Waals surface area contributed by atoms with E-state index in [-0.39, 0.29) is 11.8 Å². The highest BCUT2D eigenvalue weighted by atomic mass is 16.5. The summed E-state index contributed by atoms with van der Waals surface area (Å²) in [5.74, 6) is 0.384. The third-order valence-electron chi connectivity index (χ3n) is 5.08. The Balaban J connectivity index is 1.26. The normalized spacial score (nSPS) is 17.1. The van der Waals surface area contributed by atoms with Gasteiger partial charge in [-0.2, -0.15) is 0 Å². The van der Waals surface area contributed by atoms with Crippen LogP contribution in [0.4, 0.5) is 0 Å². The molecule has 1 fully saturated rings. The number of carbonyl (C=O) groups excluding carboxylic acids is 2. The van der Waals surface area contributed by atoms with Crippen LogP contribution in [0.15, 0.2) is 48.5 Å². The maximum atomic E-state index is 12.4. The SMILES string of the molecule is O=C1c2ccccc2C(=O)N1CCCOc1cccc(CN2CCOCC2)c1. The zero-order valence-electron chi connectivity index (χ0n) is 15.8. The Kier molecular flexibility index (Phi) is 5.69. The molecule has 1 saturated heterocycles. The van der Waals surface area contributed by atoms with Gasteiger partial charge in [0.15, 0.2) is 0 Å². The molecule has 6 nitrogen and oxygen atoms in total. The Morgan fingerprint density at radius 1 is 0.929 bits per heavy atom. The summed E-state index contributed by atoms with van der Waals surface area (Å²) in [7, 11) is 0. The molecule has 146 valence electrons. The fraction of sp³-hybridized carbons (Fsp3) is 0.364. The second kappa shape index (κ2) is 8.54. The Bertz CT molecular complexity index is 826. The van der Waals surface area contributed by atoms with Gasteiger partial charge in [0, 0.05) is 26.2 Å². The average molecular weight is 380 g/mol. The van der Waals surface area contributed by atoms with Crippen molar-refractivity contribution in [1.82, 2.24) is 9.80 Å². The van der Waals surface area contributed by atoms with Crippen LogP contribution >= 0.6 is 0 Å². The quantitative estimate of drug-likeness (QED) is 0.546. The Hall–Kier alpha value is -2.70. The minimum absolute atomic E-state index is 0.215. The fourth-order valence-electron chi connectivity index (χ4n) is 3.61. The topological polar surface area (TPSA) is 59.1 Å². The van der Waals surface area contributed by atoms with Crippen LogP contribution in [-0.2, 0) is 11.3 Å². The summed E-state index contributed by atoms with van der Waals surface area (Å²) in [6.45, 7) is 5.17. The summed E-state index contributed by atoms with van der Waals surface area (Å²) in [4.78, 5) is 28.4. The number of hydrogen-bond acceptors (Lipinski definition) is 5. The number of carbonyl (C=O) groups is 2. The van der Waals surface area contributed by atoms with Gasteiger partial charge in [-0.25, -0.2) is 0 Å². The van der Waals surface area contributed by atoms with E-state index in [0.717, 1.165) is 38.6 Å². The number of benzene rings is 2. The lowest BCUT2D eigenvalue weighted by Crippen LogP contribution is -2.35. The van der Waals surface area contributed by atoms with Crippen molar-refractivity contribution in [1.29, 1.82) is 0 Å². The first-order valence-electron chi connectivity index (χ1n) is 9.69. The van der Waals surface area contributed by atoms with Gasteiger partial charge in [-0.1, -0.05) is 24.3 Å². The van der Waals surface area contributed by atoms with Crippen LogP contribution in [0.5, 0.6) is 5.75 Å². The third kappa shape index (κ3) is 4.08. The van der Waals surface area contributed by atoms with E-state index < -0.39 is 0 Å². The predicted molar refractivity (Wildman–Crippen MR) is 104 cm³/mol. The molecule has 2 aromatic rings. The number of ether oxygens (including phenoxy) is 2. The predicted octanol–water partition coefficient (Wildman–Crippen LogP) is 2.58. The summed E-state index contributed by atoms with van der Waals surface area (Å²) in [6, 6.07) is 15.0. The Morgan fingerprint density at radius 2 is 1.64 bits per heavy atom. The first-order valence-corrected chi connectivity index (χ1v) is 9.69. The molecule has 0 radical (unpaired) electrons. The molecule has 0 aliphatic carbocycles. The molecule has 2 aliphatic rings. The molecule has 0 spiro atoms. The van der Waals surface area contributed by atoms with Gasteiger partial charge in [-0.05, 0) is 36.2 Å². The molecule has 0 unspecified atom stereocenters. The van der Waals surface area contributed by atoms with Crippen LogP contribution in [0, 0.1) is 0 Å². The Labute approximate surface area is 164 Å². The highest BCUT2D eigenvalue weighted by molar-refractivity contribution is 6.21. The van der Waals surface area contributed by atoms with Crippen LogP contribution in [0.25, 0.3) is 0 Å². The van der Waals surface area contributed by atoms with E-state index in [1.807, 2.05) is 12.1 Å². The number of imide groups is 1. The zero-order chi connectivity index (χ0) is 19.3. The molecule has 0 aromatic heterocycles. The van der Waals surface area contributed by atoms with Gasteiger partial charge in [-0.3, -0.25) is 19.4 Å². The van der Waals surface area contributed by atoms with E-state index in [1.54, 1.807) is 24.3 Å². The number of amides is 2. The van der Waals surface area contributed by atoms with Crippen molar-refractivity contribution in [3.8, 4) is 5.75 Å². The maximum Gasteiger partial charge on any atom is 0.261 e. The van der Waals surface area contributed by atoms with Gasteiger partial charge >= 0.3 is 0 Å². The van der Waals surface area contributed by atoms with Crippen LogP contribution in [0.1, 0.15) is 32.7 Å². The summed E-state index contributed by atoms with van der Waals surface area (Å²) in [6.07, 6.45) is 0.596. The van der Waals surface area contributed by atoms with Crippen molar-refractivity contribution in [2.75, 3.05) is 39.5 Å². The standard InChI is InChI=1S/C22H24N2O4/c25-21-19-7-1-2-8-20(19)22(26)24(21)9-4-12-28-18-6-3-5-17(15-18)16-23-10-13-27-14-11-23/h1-3,5-8,15H,4,9-14,16H2. The lowest BCUT2D eigenvalue weighted by Gasteiger charge is -2.26. The first-order chi connectivity index (χ1) is 13.7. The van der Waals surface area contributed by atoms with Gasteiger partial charge in [0.25, 0.3) is 11.8 Å². The molecule has 2 aliphatic heterocycles. The van der Waals surface area contributed by atoms with Gasteiger partial charge in [0.2, 0.25) is 0 Å². The number of hydrogen-bond donors (Lipinski definition) is 0. The summed E-state index contributed by atoms with van der Waals surface area (Å²) >= 11 is 0. The lowest BCUT2D eigenvalue weighted by molar-refractivity contribution is 0.0341. The minimum atomic E-state index is -0.215. The van der Waals surface area contributed by atoms with Gasteiger partial charge in [0.05, 0.1) is 30.9 Å². The molecule has 0 atom stereocenters. The smallest absolute Gasteiger partial charge is 0.261 e. The molecule has 6 heteroatoms. The van der Waals surface area contributed by atoms with Crippen molar-refractivity contribution in [2.45, 2.75) is 13.0 Å². The van der Waals surface area contributed by atoms with E-state index in [0.29, 0.717) is 30.7 Å². The summed E-state index contributed by atoms with van der Waals surface area (Å²) in [5.41, 5.74) is 2.19. The van der Waals surface area contributed by atoms with Gasteiger partial charge < -0.3 is 9.47 Å². The molecule has 4 rings (SSSR count). The molecule has 0 bridgehead atoms. The molecule has 2 heterocycles. The molecule has 2 aromatic carbocycles. The van der Waals surface area contributed by atoms with E-state index in [1.165, 1.54) is 10.5 Å². The summed E-state index contributed by atoms with van der Waals surface area (Å²) < 4.78 is 11.2. The average Bonchev–Trinajstić information content (AvgIpc) is 2.97. The first kappa shape index (κ1) is 18.7. The zero-order valence-corrected chi connectivity index (χ0v) is 15.8. The van der Waals surface area contributed by atoms with Gasteiger partial charge in [-0.15, -0.1) is 0 Å². The summed E-state index contributed by atoms with van der Waals surface area (Å²) in [5, 5.41) is 0. The molecule has 2 amide bonds. The van der Waals surface area contributed by atoms with Crippen molar-refractivity contribution in [3.63, 3.8) is 0 Å². The largest absolute Gasteiger partial charge is 0.494 e. The molecular weight excluding hydrogens is 356 g/mol. The minimum Gasteiger partial charge on any atom is -0.494 e. The molecular formula is C22H24N2O4. The highest BCUT2D eigenvalue weighted by Crippen LogP contribution is 2.22. The van der Waals surface area contributed by atoms with E-state index >= 15 is 0 Å². The van der Waals surface area contributed by atoms with Crippen molar-refractivity contribution in [2.24, 2.45) is 0 Å². The molecule has 28 heavy (non-hydrogen) atoms. The maximum absolute atomic E-state index is 12.4. The monoisotopic (exact) mass is 380 g/mol. The lowest BCUT2D eigenvalue weighted by atomic mass is 10.1. The van der Waals surface area contributed by atoms with Crippen LogP contribution in [0.2, 0.25) is 0 Å². The van der Waals surface area contributed by atoms with E-state index in [9.17, 15) is 9.59 Å².